The highest BCUT2D eigenvalue weighted by molar-refractivity contribution is 7.25. The Morgan fingerprint density at radius 1 is 0.442 bits per heavy atom. The standard InChI is InChI=1S/C49H31NOS/c1-3-15-32(16-4-1)49(33-17-5-2-6-18-33)40-23-10-7-21-39(40)47-41(49)24-14-25-42(47)50(34-29-30-37-36-20-9-12-28-45(36)52-46(37)31-34)43-26-13-22-38-35-19-8-11-27-44(35)51-48(38)43/h1-31H. The van der Waals surface area contributed by atoms with Crippen LogP contribution in [0.1, 0.15) is 22.3 Å². The molecule has 0 bridgehead atoms. The van der Waals surface area contributed by atoms with Gasteiger partial charge in [-0.05, 0) is 64.2 Å². The minimum absolute atomic E-state index is 0.503. The van der Waals surface area contributed by atoms with Crippen molar-refractivity contribution >= 4 is 70.5 Å². The first-order valence-electron chi connectivity index (χ1n) is 17.8. The molecule has 10 aromatic rings. The minimum atomic E-state index is -0.503. The molecule has 2 heterocycles. The fraction of sp³-hybridized carbons (Fsp3) is 0.0204. The molecule has 0 aliphatic heterocycles. The lowest BCUT2D eigenvalue weighted by atomic mass is 9.68. The average molecular weight is 682 g/mol. The first-order chi connectivity index (χ1) is 25.8. The summed E-state index contributed by atoms with van der Waals surface area (Å²) in [5, 5.41) is 4.80. The molecular formula is C49H31NOS. The highest BCUT2D eigenvalue weighted by Gasteiger charge is 2.47. The molecule has 0 unspecified atom stereocenters. The zero-order valence-electron chi connectivity index (χ0n) is 28.2. The Bertz CT molecular complexity index is 2930. The third-order valence-electron chi connectivity index (χ3n) is 10.9. The molecule has 0 atom stereocenters. The molecule has 52 heavy (non-hydrogen) atoms. The van der Waals surface area contributed by atoms with Gasteiger partial charge in [0.25, 0.3) is 0 Å². The van der Waals surface area contributed by atoms with Crippen LogP contribution in [0, 0.1) is 0 Å². The molecule has 0 saturated heterocycles. The number of hydrogen-bond acceptors (Lipinski definition) is 3. The van der Waals surface area contributed by atoms with E-state index < -0.39 is 5.41 Å². The van der Waals surface area contributed by atoms with Crippen molar-refractivity contribution in [2.75, 3.05) is 4.90 Å². The lowest BCUT2D eigenvalue weighted by molar-refractivity contribution is 0.669. The van der Waals surface area contributed by atoms with Gasteiger partial charge in [-0.2, -0.15) is 0 Å². The maximum absolute atomic E-state index is 6.77. The quantitative estimate of drug-likeness (QED) is 0.180. The second-order valence-electron chi connectivity index (χ2n) is 13.6. The SMILES string of the molecule is c1ccc(C2(c3ccccc3)c3ccccc3-c3c(N(c4ccc5c(c4)sc4ccccc45)c4cccc5c4oc4ccccc45)cccc32)cc1. The number of fused-ring (bicyclic) bond motifs is 9. The number of para-hydroxylation sites is 2. The largest absolute Gasteiger partial charge is 0.454 e. The summed E-state index contributed by atoms with van der Waals surface area (Å²) in [6, 6.07) is 68.5. The molecule has 0 saturated carbocycles. The van der Waals surface area contributed by atoms with Crippen LogP contribution in [0.4, 0.5) is 17.1 Å². The van der Waals surface area contributed by atoms with Crippen LogP contribution < -0.4 is 4.90 Å². The second kappa shape index (κ2) is 11.3. The number of rotatable bonds is 5. The molecular weight excluding hydrogens is 651 g/mol. The van der Waals surface area contributed by atoms with E-state index >= 15 is 0 Å². The van der Waals surface area contributed by atoms with Crippen LogP contribution in [0.2, 0.25) is 0 Å². The number of furan rings is 1. The van der Waals surface area contributed by atoms with Crippen LogP contribution in [0.3, 0.4) is 0 Å². The van der Waals surface area contributed by atoms with Crippen molar-refractivity contribution in [2.24, 2.45) is 0 Å². The average Bonchev–Trinajstić information content (AvgIpc) is 3.88. The minimum Gasteiger partial charge on any atom is -0.454 e. The van der Waals surface area contributed by atoms with E-state index in [1.807, 2.05) is 17.4 Å². The van der Waals surface area contributed by atoms with E-state index in [2.05, 4.69) is 187 Å². The highest BCUT2D eigenvalue weighted by Crippen LogP contribution is 2.60. The third-order valence-corrected chi connectivity index (χ3v) is 12.1. The van der Waals surface area contributed by atoms with Crippen LogP contribution in [0.5, 0.6) is 0 Å². The predicted molar refractivity (Wildman–Crippen MR) is 219 cm³/mol. The molecule has 1 aliphatic rings. The van der Waals surface area contributed by atoms with E-state index in [0.29, 0.717) is 0 Å². The zero-order valence-corrected chi connectivity index (χ0v) is 29.0. The molecule has 8 aromatic carbocycles. The van der Waals surface area contributed by atoms with Gasteiger partial charge >= 0.3 is 0 Å². The van der Waals surface area contributed by atoms with Gasteiger partial charge in [0.2, 0.25) is 0 Å². The Kier molecular flexibility index (Phi) is 6.37. The van der Waals surface area contributed by atoms with Crippen molar-refractivity contribution in [3.8, 4) is 11.1 Å². The summed E-state index contributed by atoms with van der Waals surface area (Å²) >= 11 is 1.85. The first-order valence-corrected chi connectivity index (χ1v) is 18.6. The topological polar surface area (TPSA) is 16.4 Å². The number of thiophene rings is 1. The highest BCUT2D eigenvalue weighted by atomic mass is 32.1. The van der Waals surface area contributed by atoms with E-state index in [1.54, 1.807) is 0 Å². The van der Waals surface area contributed by atoms with E-state index in [1.165, 1.54) is 53.6 Å². The molecule has 2 aromatic heterocycles. The van der Waals surface area contributed by atoms with Gasteiger partial charge in [-0.15, -0.1) is 11.3 Å². The molecule has 11 rings (SSSR count). The summed E-state index contributed by atoms with van der Waals surface area (Å²) in [7, 11) is 0. The Balaban J connectivity index is 1.26. The van der Waals surface area contributed by atoms with Crippen molar-refractivity contribution in [3.63, 3.8) is 0 Å². The number of anilines is 3. The maximum atomic E-state index is 6.77. The molecule has 0 amide bonds. The van der Waals surface area contributed by atoms with Gasteiger partial charge in [-0.1, -0.05) is 152 Å². The monoisotopic (exact) mass is 681 g/mol. The zero-order chi connectivity index (χ0) is 34.2. The van der Waals surface area contributed by atoms with Crippen LogP contribution in [0.25, 0.3) is 53.2 Å². The summed E-state index contributed by atoms with van der Waals surface area (Å²) in [6.07, 6.45) is 0. The molecule has 0 fully saturated rings. The van der Waals surface area contributed by atoms with Crippen LogP contribution in [0.15, 0.2) is 192 Å². The molecule has 1 aliphatic carbocycles. The van der Waals surface area contributed by atoms with Gasteiger partial charge in [0.05, 0.1) is 16.8 Å². The van der Waals surface area contributed by atoms with Crippen molar-refractivity contribution in [1.29, 1.82) is 0 Å². The lowest BCUT2D eigenvalue weighted by Crippen LogP contribution is -2.28. The molecule has 0 spiro atoms. The van der Waals surface area contributed by atoms with Gasteiger partial charge in [-0.3, -0.25) is 0 Å². The Hall–Kier alpha value is -6.42. The van der Waals surface area contributed by atoms with Gasteiger partial charge in [-0.25, -0.2) is 0 Å². The summed E-state index contributed by atoms with van der Waals surface area (Å²) in [5.74, 6) is 0. The summed E-state index contributed by atoms with van der Waals surface area (Å²) in [6.45, 7) is 0. The fourth-order valence-electron chi connectivity index (χ4n) is 8.83. The maximum Gasteiger partial charge on any atom is 0.159 e. The summed E-state index contributed by atoms with van der Waals surface area (Å²) in [5.41, 5.74) is 12.0. The van der Waals surface area contributed by atoms with Crippen molar-refractivity contribution in [3.05, 3.63) is 210 Å². The molecule has 2 nitrogen and oxygen atoms in total. The van der Waals surface area contributed by atoms with Crippen LogP contribution in [-0.4, -0.2) is 0 Å². The molecule has 3 heteroatoms. The van der Waals surface area contributed by atoms with E-state index in [4.69, 9.17) is 4.42 Å². The lowest BCUT2D eigenvalue weighted by Gasteiger charge is -2.34. The number of nitrogens with zero attached hydrogens (tertiary/aromatic N) is 1. The van der Waals surface area contributed by atoms with Crippen molar-refractivity contribution < 1.29 is 4.42 Å². The van der Waals surface area contributed by atoms with Gasteiger partial charge in [0.1, 0.15) is 5.58 Å². The molecule has 244 valence electrons. The summed E-state index contributed by atoms with van der Waals surface area (Å²) in [4.78, 5) is 2.44. The number of benzene rings is 8. The van der Waals surface area contributed by atoms with Crippen LogP contribution in [-0.2, 0) is 5.41 Å². The molecule has 0 radical (unpaired) electrons. The van der Waals surface area contributed by atoms with E-state index in [-0.39, 0.29) is 0 Å². The fourth-order valence-corrected chi connectivity index (χ4v) is 9.97. The first kappa shape index (κ1) is 29.3. The van der Waals surface area contributed by atoms with Crippen molar-refractivity contribution in [1.82, 2.24) is 0 Å². The van der Waals surface area contributed by atoms with E-state index in [9.17, 15) is 0 Å². The number of hydrogen-bond donors (Lipinski definition) is 0. The predicted octanol–water partition coefficient (Wildman–Crippen LogP) is 13.8. The summed E-state index contributed by atoms with van der Waals surface area (Å²) < 4.78 is 9.33. The Morgan fingerprint density at radius 3 is 1.88 bits per heavy atom. The van der Waals surface area contributed by atoms with E-state index in [0.717, 1.165) is 39.0 Å². The van der Waals surface area contributed by atoms with Gasteiger partial charge < -0.3 is 9.32 Å². The van der Waals surface area contributed by atoms with Crippen molar-refractivity contribution in [2.45, 2.75) is 5.41 Å². The molecule has 0 N–H and O–H groups in total. The smallest absolute Gasteiger partial charge is 0.159 e. The Morgan fingerprint density at radius 2 is 1.06 bits per heavy atom. The second-order valence-corrected chi connectivity index (χ2v) is 14.7. The normalized spacial score (nSPS) is 13.2. The Labute approximate surface area is 305 Å². The van der Waals surface area contributed by atoms with Gasteiger partial charge in [0, 0.05) is 42.2 Å². The third kappa shape index (κ3) is 4.06. The van der Waals surface area contributed by atoms with Gasteiger partial charge in [0.15, 0.2) is 5.58 Å². The van der Waals surface area contributed by atoms with Crippen LogP contribution >= 0.6 is 11.3 Å².